The molecule has 2 amide bonds. The first-order valence-electron chi connectivity index (χ1n) is 12.2. The molecule has 3 rings (SSSR count). The van der Waals surface area contributed by atoms with Crippen molar-refractivity contribution in [2.75, 3.05) is 44.8 Å². The Hall–Kier alpha value is -3.75. The Bertz CT molecular complexity index is 990. The number of esters is 1. The largest absolute Gasteiger partial charge is 0.497 e. The lowest BCUT2D eigenvalue weighted by Crippen LogP contribution is -2.51. The molecule has 0 radical (unpaired) electrons. The highest BCUT2D eigenvalue weighted by Crippen LogP contribution is 2.20. The molecule has 0 aromatic heterocycles. The topological polar surface area (TPSA) is 97.4 Å². The van der Waals surface area contributed by atoms with Gasteiger partial charge in [0.1, 0.15) is 18.4 Å². The van der Waals surface area contributed by atoms with Crippen molar-refractivity contribution in [3.05, 3.63) is 60.2 Å². The van der Waals surface area contributed by atoms with Crippen LogP contribution in [0.4, 0.5) is 10.5 Å². The fraction of sp³-hybridized carbons (Fsp3) is 0.444. The minimum Gasteiger partial charge on any atom is -0.497 e. The molecule has 9 nitrogen and oxygen atoms in total. The molecule has 1 fully saturated rings. The lowest BCUT2D eigenvalue weighted by Gasteiger charge is -2.36. The van der Waals surface area contributed by atoms with E-state index in [0.717, 1.165) is 17.0 Å². The maximum atomic E-state index is 12.7. The summed E-state index contributed by atoms with van der Waals surface area (Å²) in [7, 11) is 1.63. The van der Waals surface area contributed by atoms with Gasteiger partial charge in [0.15, 0.2) is 6.61 Å². The van der Waals surface area contributed by atoms with E-state index < -0.39 is 18.1 Å². The Morgan fingerprint density at radius 2 is 1.61 bits per heavy atom. The van der Waals surface area contributed by atoms with Crippen molar-refractivity contribution in [1.82, 2.24) is 10.2 Å². The second-order valence-electron chi connectivity index (χ2n) is 8.74. The van der Waals surface area contributed by atoms with Crippen LogP contribution < -0.4 is 15.0 Å². The van der Waals surface area contributed by atoms with E-state index in [2.05, 4.69) is 10.2 Å². The first-order chi connectivity index (χ1) is 17.4. The molecular weight excluding hydrogens is 462 g/mol. The Balaban J connectivity index is 1.45. The molecular formula is C27H35N3O6. The van der Waals surface area contributed by atoms with Crippen molar-refractivity contribution in [2.45, 2.75) is 32.9 Å². The van der Waals surface area contributed by atoms with Crippen molar-refractivity contribution >= 4 is 23.7 Å². The Kier molecular flexibility index (Phi) is 9.97. The summed E-state index contributed by atoms with van der Waals surface area (Å²) in [4.78, 5) is 41.6. The van der Waals surface area contributed by atoms with Gasteiger partial charge in [0, 0.05) is 31.9 Å². The first-order valence-corrected chi connectivity index (χ1v) is 12.2. The number of piperazine rings is 1. The SMILES string of the molecule is CC[C@H](C)[C@H](NC(=O)OCc1ccccc1)C(=O)OCC(=O)N1CCN(c2ccc(OC)cc2)CC1. The van der Waals surface area contributed by atoms with E-state index in [0.29, 0.717) is 32.6 Å². The number of rotatable bonds is 10. The molecule has 0 spiro atoms. The van der Waals surface area contributed by atoms with E-state index >= 15 is 0 Å². The number of carbonyl (C=O) groups is 3. The van der Waals surface area contributed by atoms with Gasteiger partial charge in [-0.25, -0.2) is 9.59 Å². The zero-order valence-corrected chi connectivity index (χ0v) is 21.1. The van der Waals surface area contributed by atoms with Gasteiger partial charge >= 0.3 is 12.1 Å². The van der Waals surface area contributed by atoms with Crippen LogP contribution in [0.3, 0.4) is 0 Å². The fourth-order valence-corrected chi connectivity index (χ4v) is 3.88. The number of ether oxygens (including phenoxy) is 3. The number of nitrogens with one attached hydrogen (secondary N) is 1. The van der Waals surface area contributed by atoms with E-state index in [4.69, 9.17) is 14.2 Å². The van der Waals surface area contributed by atoms with Crippen molar-refractivity contribution in [1.29, 1.82) is 0 Å². The Labute approximate surface area is 212 Å². The van der Waals surface area contributed by atoms with E-state index in [1.165, 1.54) is 0 Å². The monoisotopic (exact) mass is 497 g/mol. The highest BCUT2D eigenvalue weighted by Gasteiger charge is 2.29. The third-order valence-electron chi connectivity index (χ3n) is 6.36. The molecule has 0 bridgehead atoms. The predicted molar refractivity (Wildman–Crippen MR) is 136 cm³/mol. The van der Waals surface area contributed by atoms with Gasteiger partial charge in [-0.3, -0.25) is 4.79 Å². The van der Waals surface area contributed by atoms with E-state index in [9.17, 15) is 14.4 Å². The molecule has 2 aromatic rings. The highest BCUT2D eigenvalue weighted by atomic mass is 16.6. The zero-order valence-electron chi connectivity index (χ0n) is 21.1. The molecule has 0 unspecified atom stereocenters. The number of amides is 2. The number of benzene rings is 2. The van der Waals surface area contributed by atoms with Gasteiger partial charge in [-0.15, -0.1) is 0 Å². The molecule has 2 atom stereocenters. The van der Waals surface area contributed by atoms with Crippen molar-refractivity contribution in [3.8, 4) is 5.75 Å². The van der Waals surface area contributed by atoms with Gasteiger partial charge in [0.05, 0.1) is 7.11 Å². The van der Waals surface area contributed by atoms with Crippen LogP contribution in [-0.4, -0.2) is 68.8 Å². The maximum absolute atomic E-state index is 12.7. The first kappa shape index (κ1) is 26.8. The number of methoxy groups -OCH3 is 1. The molecule has 1 N–H and O–H groups in total. The number of nitrogens with zero attached hydrogens (tertiary/aromatic N) is 2. The van der Waals surface area contributed by atoms with Gasteiger partial charge in [-0.2, -0.15) is 0 Å². The van der Waals surface area contributed by atoms with Gasteiger partial charge in [0.2, 0.25) is 0 Å². The summed E-state index contributed by atoms with van der Waals surface area (Å²) < 4.78 is 15.8. The standard InChI is InChI=1S/C27H35N3O6/c1-4-20(2)25(28-27(33)36-18-21-8-6-5-7-9-21)26(32)35-19-24(31)30-16-14-29(15-17-30)22-10-12-23(34-3)13-11-22/h5-13,20,25H,4,14-19H2,1-3H3,(H,28,33)/t20-,25-/m0/s1. The number of carbonyl (C=O) groups excluding carboxylic acids is 3. The summed E-state index contributed by atoms with van der Waals surface area (Å²) in [5.41, 5.74) is 1.91. The van der Waals surface area contributed by atoms with Crippen LogP contribution in [0.25, 0.3) is 0 Å². The second-order valence-corrected chi connectivity index (χ2v) is 8.74. The van der Waals surface area contributed by atoms with Crippen molar-refractivity contribution < 1.29 is 28.6 Å². The van der Waals surface area contributed by atoms with Gasteiger partial charge in [0.25, 0.3) is 5.91 Å². The average molecular weight is 498 g/mol. The molecule has 0 saturated carbocycles. The normalized spacial score (nSPS) is 15.0. The number of alkyl carbamates (subject to hydrolysis) is 1. The summed E-state index contributed by atoms with van der Waals surface area (Å²) in [5.74, 6) is -0.299. The maximum Gasteiger partial charge on any atom is 0.408 e. The van der Waals surface area contributed by atoms with E-state index in [1.807, 2.05) is 68.4 Å². The molecule has 0 aliphatic carbocycles. The zero-order chi connectivity index (χ0) is 25.9. The fourth-order valence-electron chi connectivity index (χ4n) is 3.88. The van der Waals surface area contributed by atoms with Crippen LogP contribution in [0.15, 0.2) is 54.6 Å². The van der Waals surface area contributed by atoms with Gasteiger partial charge in [-0.05, 0) is 35.7 Å². The summed E-state index contributed by atoms with van der Waals surface area (Å²) in [6.07, 6.45) is -0.0675. The molecule has 194 valence electrons. The number of anilines is 1. The predicted octanol–water partition coefficient (Wildman–Crippen LogP) is 3.23. The quantitative estimate of drug-likeness (QED) is 0.504. The van der Waals surface area contributed by atoms with Gasteiger partial charge < -0.3 is 29.3 Å². The van der Waals surface area contributed by atoms with Crippen molar-refractivity contribution in [2.24, 2.45) is 5.92 Å². The van der Waals surface area contributed by atoms with E-state index in [-0.39, 0.29) is 25.0 Å². The van der Waals surface area contributed by atoms with Crippen LogP contribution >= 0.6 is 0 Å². The molecule has 36 heavy (non-hydrogen) atoms. The molecule has 1 heterocycles. The minimum atomic E-state index is -0.905. The van der Waals surface area contributed by atoms with Crippen LogP contribution in [-0.2, 0) is 25.7 Å². The smallest absolute Gasteiger partial charge is 0.408 e. The van der Waals surface area contributed by atoms with Crippen LogP contribution in [0.2, 0.25) is 0 Å². The minimum absolute atomic E-state index is 0.0932. The second kappa shape index (κ2) is 13.4. The van der Waals surface area contributed by atoms with E-state index in [1.54, 1.807) is 12.0 Å². The lowest BCUT2D eigenvalue weighted by atomic mass is 9.99. The lowest BCUT2D eigenvalue weighted by molar-refractivity contribution is -0.154. The van der Waals surface area contributed by atoms with Crippen LogP contribution in [0, 0.1) is 5.92 Å². The third-order valence-corrected chi connectivity index (χ3v) is 6.36. The average Bonchev–Trinajstić information content (AvgIpc) is 2.93. The van der Waals surface area contributed by atoms with Crippen LogP contribution in [0.5, 0.6) is 5.75 Å². The number of hydrogen-bond acceptors (Lipinski definition) is 7. The van der Waals surface area contributed by atoms with Crippen LogP contribution in [0.1, 0.15) is 25.8 Å². The number of hydrogen-bond donors (Lipinski definition) is 1. The summed E-state index contributed by atoms with van der Waals surface area (Å²) in [5, 5.41) is 2.60. The summed E-state index contributed by atoms with van der Waals surface area (Å²) >= 11 is 0. The molecule has 1 aliphatic rings. The molecule has 1 aliphatic heterocycles. The molecule has 9 heteroatoms. The summed E-state index contributed by atoms with van der Waals surface area (Å²) in [6.45, 7) is 5.89. The Morgan fingerprint density at radius 3 is 2.22 bits per heavy atom. The van der Waals surface area contributed by atoms with Crippen molar-refractivity contribution in [3.63, 3.8) is 0 Å². The third kappa shape index (κ3) is 7.63. The molecule has 2 aromatic carbocycles. The Morgan fingerprint density at radius 1 is 0.944 bits per heavy atom. The summed E-state index contributed by atoms with van der Waals surface area (Å²) in [6, 6.07) is 16.2. The van der Waals surface area contributed by atoms with Gasteiger partial charge in [-0.1, -0.05) is 50.6 Å². The molecule has 1 saturated heterocycles. The highest BCUT2D eigenvalue weighted by molar-refractivity contribution is 5.85.